The van der Waals surface area contributed by atoms with Gasteiger partial charge in [0, 0.05) is 29.2 Å². The van der Waals surface area contributed by atoms with Crippen molar-refractivity contribution in [2.45, 2.75) is 103 Å². The molecule has 2 N–H and O–H groups in total. The summed E-state index contributed by atoms with van der Waals surface area (Å²) in [5, 5.41) is 6.87. The minimum absolute atomic E-state index is 0.0123. The van der Waals surface area contributed by atoms with Crippen LogP contribution < -0.4 is 10.6 Å². The third-order valence-corrected chi connectivity index (χ3v) is 11.4. The van der Waals surface area contributed by atoms with Crippen molar-refractivity contribution in [2.75, 3.05) is 5.32 Å². The summed E-state index contributed by atoms with van der Waals surface area (Å²) >= 11 is 0. The number of rotatable bonds is 1. The second-order valence-electron chi connectivity index (χ2n) is 13.9. The fourth-order valence-corrected chi connectivity index (χ4v) is 9.81. The molecular formula is C30H40N4O2. The number of nitrogens with one attached hydrogen (secondary N) is 2. The van der Waals surface area contributed by atoms with Gasteiger partial charge in [0.1, 0.15) is 12.2 Å². The van der Waals surface area contributed by atoms with Gasteiger partial charge < -0.3 is 10.6 Å². The first-order valence-electron chi connectivity index (χ1n) is 14.1. The predicted octanol–water partition coefficient (Wildman–Crippen LogP) is 4.85. The van der Waals surface area contributed by atoms with Crippen LogP contribution in [0.3, 0.4) is 0 Å². The van der Waals surface area contributed by atoms with Crippen molar-refractivity contribution in [1.29, 1.82) is 0 Å². The largest absolute Gasteiger partial charge is 0.364 e. The van der Waals surface area contributed by atoms with Gasteiger partial charge in [0.05, 0.1) is 0 Å². The fraction of sp³-hybridized carbons (Fsp3) is 0.700. The topological polar surface area (TPSA) is 73.8 Å². The van der Waals surface area contributed by atoms with Crippen LogP contribution in [-0.2, 0) is 15.0 Å². The number of anilines is 1. The molecule has 1 aromatic rings. The molecule has 4 heterocycles. The van der Waals surface area contributed by atoms with Crippen molar-refractivity contribution in [2.24, 2.45) is 33.6 Å². The molecule has 4 fully saturated rings. The summed E-state index contributed by atoms with van der Waals surface area (Å²) in [4.78, 5) is 35.5. The zero-order valence-electron chi connectivity index (χ0n) is 22.4. The van der Waals surface area contributed by atoms with Gasteiger partial charge in [-0.15, -0.1) is 0 Å². The Morgan fingerprint density at radius 2 is 1.86 bits per heavy atom. The molecule has 192 valence electrons. The monoisotopic (exact) mass is 488 g/mol. The zero-order valence-corrected chi connectivity index (χ0v) is 22.4. The number of carbonyl (C=O) groups excluding carboxylic acids is 2. The summed E-state index contributed by atoms with van der Waals surface area (Å²) in [5.41, 5.74) is 2.59. The average Bonchev–Trinajstić information content (AvgIpc) is 3.18. The zero-order chi connectivity index (χ0) is 25.3. The quantitative estimate of drug-likeness (QED) is 0.594. The normalized spacial score (nSPS) is 43.8. The molecule has 2 spiro atoms. The van der Waals surface area contributed by atoms with E-state index in [1.807, 2.05) is 18.7 Å². The number of piperazine rings is 1. The van der Waals surface area contributed by atoms with Gasteiger partial charge in [0.15, 0.2) is 0 Å². The number of aliphatic imine (C=N–C) groups is 1. The minimum atomic E-state index is -1.15. The number of para-hydroxylation sites is 1. The molecule has 0 radical (unpaired) electrons. The molecule has 2 bridgehead atoms. The van der Waals surface area contributed by atoms with Gasteiger partial charge in [-0.25, -0.2) is 0 Å². The Morgan fingerprint density at radius 1 is 1.08 bits per heavy atom. The highest BCUT2D eigenvalue weighted by Crippen LogP contribution is 2.66. The Morgan fingerprint density at radius 3 is 2.64 bits per heavy atom. The molecule has 6 nitrogen and oxygen atoms in total. The molecule has 1 unspecified atom stereocenters. The third-order valence-electron chi connectivity index (χ3n) is 11.4. The Kier molecular flexibility index (Phi) is 4.39. The predicted molar refractivity (Wildman–Crippen MR) is 140 cm³/mol. The van der Waals surface area contributed by atoms with Gasteiger partial charge in [-0.2, -0.15) is 0 Å². The van der Waals surface area contributed by atoms with Gasteiger partial charge in [-0.1, -0.05) is 59.2 Å². The van der Waals surface area contributed by atoms with E-state index in [2.05, 4.69) is 55.7 Å². The lowest BCUT2D eigenvalue weighted by Crippen LogP contribution is -2.71. The van der Waals surface area contributed by atoms with Crippen LogP contribution in [0.2, 0.25) is 0 Å². The van der Waals surface area contributed by atoms with Crippen LogP contribution >= 0.6 is 0 Å². The second-order valence-corrected chi connectivity index (χ2v) is 13.9. The molecule has 4 aliphatic heterocycles. The molecule has 2 saturated carbocycles. The van der Waals surface area contributed by atoms with Crippen molar-refractivity contribution in [3.63, 3.8) is 0 Å². The van der Waals surface area contributed by atoms with Crippen LogP contribution in [0.25, 0.3) is 0 Å². The molecule has 0 aromatic heterocycles. The maximum absolute atomic E-state index is 14.1. The van der Waals surface area contributed by atoms with Crippen LogP contribution in [0.15, 0.2) is 29.3 Å². The van der Waals surface area contributed by atoms with E-state index in [1.54, 1.807) is 0 Å². The first-order chi connectivity index (χ1) is 17.0. The minimum Gasteiger partial charge on any atom is -0.364 e. The van der Waals surface area contributed by atoms with Gasteiger partial charge in [0.2, 0.25) is 11.6 Å². The lowest BCUT2D eigenvalue weighted by Gasteiger charge is -2.59. The number of fused-ring (bicyclic) bond motifs is 5. The van der Waals surface area contributed by atoms with Crippen LogP contribution in [0.1, 0.15) is 85.1 Å². The Hall–Kier alpha value is -2.37. The Labute approximate surface area is 214 Å². The van der Waals surface area contributed by atoms with Crippen molar-refractivity contribution in [3.05, 3.63) is 29.8 Å². The number of hydrogen-bond acceptors (Lipinski definition) is 4. The van der Waals surface area contributed by atoms with E-state index in [-0.39, 0.29) is 34.7 Å². The highest BCUT2D eigenvalue weighted by atomic mass is 16.2. The molecule has 2 aliphatic carbocycles. The van der Waals surface area contributed by atoms with E-state index in [4.69, 9.17) is 4.99 Å². The summed E-state index contributed by atoms with van der Waals surface area (Å²) in [6.45, 7) is 11.5. The molecule has 2 amide bonds. The highest BCUT2D eigenvalue weighted by Gasteiger charge is 2.73. The molecule has 6 heteroatoms. The van der Waals surface area contributed by atoms with E-state index in [9.17, 15) is 9.59 Å². The van der Waals surface area contributed by atoms with E-state index in [1.165, 1.54) is 30.5 Å². The number of amides is 2. The van der Waals surface area contributed by atoms with Crippen LogP contribution in [0.5, 0.6) is 0 Å². The molecular weight excluding hydrogens is 448 g/mol. The van der Waals surface area contributed by atoms with Crippen LogP contribution in [0.4, 0.5) is 5.69 Å². The smallest absolute Gasteiger partial charge is 0.269 e. The van der Waals surface area contributed by atoms with Gasteiger partial charge in [-0.05, 0) is 66.4 Å². The molecule has 7 rings (SSSR count). The average molecular weight is 489 g/mol. The standard InChI is InChI=1S/C30H40N4O2/c1-17(2)23-24(35)34-25-29(18-9-6-7-10-20(18)31-25)15-19-21(33-30(34,16-29)26(36)32-23)11-12-22-27(3,4)13-8-14-28(19,22)5/h6-7,9-10,17,19,22-23,25,31H,8,11-16H2,1-5H3,(H,32,36)/t19-,22-,23-,25-,28?,29-,30-/m0/s1. The molecule has 7 atom stereocenters. The summed E-state index contributed by atoms with van der Waals surface area (Å²) in [5.74, 6) is 0.940. The van der Waals surface area contributed by atoms with Gasteiger partial charge in [-0.3, -0.25) is 19.5 Å². The molecule has 1 aromatic carbocycles. The summed E-state index contributed by atoms with van der Waals surface area (Å²) in [7, 11) is 0. The van der Waals surface area contributed by atoms with Gasteiger partial charge in [0.25, 0.3) is 5.91 Å². The number of nitrogens with zero attached hydrogens (tertiary/aromatic N) is 2. The summed E-state index contributed by atoms with van der Waals surface area (Å²) in [6.07, 6.45) is 7.12. The first kappa shape index (κ1) is 22.8. The fourth-order valence-electron chi connectivity index (χ4n) is 9.81. The van der Waals surface area contributed by atoms with Crippen molar-refractivity contribution in [1.82, 2.24) is 10.2 Å². The highest BCUT2D eigenvalue weighted by molar-refractivity contribution is 6.04. The third kappa shape index (κ3) is 2.56. The van der Waals surface area contributed by atoms with E-state index >= 15 is 0 Å². The van der Waals surface area contributed by atoms with Crippen molar-refractivity contribution < 1.29 is 9.59 Å². The first-order valence-corrected chi connectivity index (χ1v) is 14.1. The molecule has 2 saturated heterocycles. The van der Waals surface area contributed by atoms with Crippen molar-refractivity contribution >= 4 is 23.2 Å². The number of benzene rings is 1. The Bertz CT molecular complexity index is 1210. The maximum Gasteiger partial charge on any atom is 0.269 e. The van der Waals surface area contributed by atoms with Crippen molar-refractivity contribution in [3.8, 4) is 0 Å². The van der Waals surface area contributed by atoms with E-state index in [0.29, 0.717) is 23.7 Å². The number of hydrogen-bond donors (Lipinski definition) is 2. The molecule has 6 aliphatic rings. The summed E-state index contributed by atoms with van der Waals surface area (Å²) < 4.78 is 0. The Balaban J connectivity index is 1.45. The lowest BCUT2D eigenvalue weighted by atomic mass is 9.46. The maximum atomic E-state index is 14.1. The van der Waals surface area contributed by atoms with Crippen LogP contribution in [-0.4, -0.2) is 40.3 Å². The lowest BCUT2D eigenvalue weighted by molar-refractivity contribution is -0.157. The van der Waals surface area contributed by atoms with E-state index < -0.39 is 11.7 Å². The van der Waals surface area contributed by atoms with Gasteiger partial charge >= 0.3 is 0 Å². The second kappa shape index (κ2) is 6.93. The molecule has 36 heavy (non-hydrogen) atoms. The SMILES string of the molecule is CC(C)[C@@H]1NC(=O)[C@@]23C[C@@]4(C[C@H]5C(=N2)CC[C@H]2C(C)(C)CCCC52C)c2ccccc2N[C@H]4N3C1=O. The van der Waals surface area contributed by atoms with E-state index in [0.717, 1.165) is 24.9 Å². The van der Waals surface area contributed by atoms with Crippen LogP contribution in [0, 0.1) is 28.6 Å². The summed E-state index contributed by atoms with van der Waals surface area (Å²) in [6, 6.07) is 8.05. The number of carbonyl (C=O) groups is 2.